The fourth-order valence-electron chi connectivity index (χ4n) is 1.66. The summed E-state index contributed by atoms with van der Waals surface area (Å²) in [5, 5.41) is 5.96. The highest BCUT2D eigenvalue weighted by molar-refractivity contribution is 9.10. The molecule has 0 unspecified atom stereocenters. The summed E-state index contributed by atoms with van der Waals surface area (Å²) in [6.45, 7) is 2.22. The molecule has 2 aromatic carbocycles. The molecule has 0 aliphatic rings. The summed E-state index contributed by atoms with van der Waals surface area (Å²) in [4.78, 5) is 11.8. The molecule has 0 saturated carbocycles. The first-order chi connectivity index (χ1) is 9.15. The molecule has 0 bridgehead atoms. The van der Waals surface area contributed by atoms with Crippen LogP contribution in [0, 0.1) is 6.92 Å². The average Bonchev–Trinajstić information content (AvgIpc) is 2.41. The number of para-hydroxylation sites is 1. The molecule has 98 valence electrons. The monoisotopic (exact) mass is 318 g/mol. The van der Waals surface area contributed by atoms with E-state index in [0.29, 0.717) is 0 Å². The van der Waals surface area contributed by atoms with Crippen molar-refractivity contribution >= 4 is 33.2 Å². The third kappa shape index (κ3) is 4.10. The first kappa shape index (κ1) is 13.6. The lowest BCUT2D eigenvalue weighted by atomic mass is 10.2. The molecule has 2 aromatic rings. The van der Waals surface area contributed by atoms with E-state index in [2.05, 4.69) is 26.6 Å². The molecule has 0 aliphatic heterocycles. The molecule has 0 spiro atoms. The maximum absolute atomic E-state index is 11.8. The molecule has 19 heavy (non-hydrogen) atoms. The van der Waals surface area contributed by atoms with E-state index in [-0.39, 0.29) is 12.5 Å². The Morgan fingerprint density at radius 1 is 1.11 bits per heavy atom. The summed E-state index contributed by atoms with van der Waals surface area (Å²) >= 11 is 3.37. The zero-order chi connectivity index (χ0) is 13.7. The van der Waals surface area contributed by atoms with Crippen LogP contribution >= 0.6 is 15.9 Å². The second kappa shape index (κ2) is 6.38. The van der Waals surface area contributed by atoms with Crippen LogP contribution in [-0.2, 0) is 4.79 Å². The minimum absolute atomic E-state index is 0.0581. The average molecular weight is 319 g/mol. The second-order valence-electron chi connectivity index (χ2n) is 4.22. The van der Waals surface area contributed by atoms with Gasteiger partial charge in [-0.25, -0.2) is 0 Å². The predicted molar refractivity (Wildman–Crippen MR) is 82.4 cm³/mol. The van der Waals surface area contributed by atoms with Gasteiger partial charge in [0.2, 0.25) is 5.91 Å². The number of amides is 1. The highest BCUT2D eigenvalue weighted by atomic mass is 79.9. The van der Waals surface area contributed by atoms with Crippen molar-refractivity contribution in [3.63, 3.8) is 0 Å². The van der Waals surface area contributed by atoms with Gasteiger partial charge in [0.25, 0.3) is 0 Å². The molecular formula is C15H15BrN2O. The first-order valence-electron chi connectivity index (χ1n) is 6.00. The summed E-state index contributed by atoms with van der Waals surface area (Å²) in [5.74, 6) is -0.0581. The number of nitrogens with one attached hydrogen (secondary N) is 2. The molecule has 3 nitrogen and oxygen atoms in total. The van der Waals surface area contributed by atoms with Crippen molar-refractivity contribution < 1.29 is 4.79 Å². The lowest BCUT2D eigenvalue weighted by molar-refractivity contribution is -0.114. The molecule has 2 N–H and O–H groups in total. The summed E-state index contributed by atoms with van der Waals surface area (Å²) in [7, 11) is 0. The third-order valence-electron chi connectivity index (χ3n) is 2.72. The van der Waals surface area contributed by atoms with Crippen molar-refractivity contribution in [2.75, 3.05) is 17.2 Å². The van der Waals surface area contributed by atoms with E-state index >= 15 is 0 Å². The molecule has 0 heterocycles. The van der Waals surface area contributed by atoms with Crippen LogP contribution < -0.4 is 10.6 Å². The quantitative estimate of drug-likeness (QED) is 0.900. The number of hydrogen-bond acceptors (Lipinski definition) is 2. The van der Waals surface area contributed by atoms with Crippen LogP contribution in [0.15, 0.2) is 53.0 Å². The Morgan fingerprint density at radius 2 is 1.79 bits per heavy atom. The van der Waals surface area contributed by atoms with E-state index in [0.717, 1.165) is 21.4 Å². The van der Waals surface area contributed by atoms with Gasteiger partial charge in [-0.15, -0.1) is 0 Å². The van der Waals surface area contributed by atoms with E-state index < -0.39 is 0 Å². The molecule has 0 saturated heterocycles. The van der Waals surface area contributed by atoms with E-state index in [9.17, 15) is 4.79 Å². The second-order valence-corrected chi connectivity index (χ2v) is 5.14. The zero-order valence-corrected chi connectivity index (χ0v) is 12.2. The molecule has 0 atom stereocenters. The first-order valence-corrected chi connectivity index (χ1v) is 6.79. The fourth-order valence-corrected chi connectivity index (χ4v) is 1.92. The van der Waals surface area contributed by atoms with Crippen molar-refractivity contribution in [3.8, 4) is 0 Å². The van der Waals surface area contributed by atoms with Gasteiger partial charge in [-0.05, 0) is 42.8 Å². The van der Waals surface area contributed by atoms with Crippen LogP contribution in [-0.4, -0.2) is 12.5 Å². The van der Waals surface area contributed by atoms with E-state index in [1.807, 2.05) is 55.5 Å². The number of carbonyl (C=O) groups is 1. The fraction of sp³-hybridized carbons (Fsp3) is 0.133. The number of aryl methyl sites for hydroxylation is 1. The van der Waals surface area contributed by atoms with Gasteiger partial charge in [0.05, 0.1) is 6.54 Å². The minimum Gasteiger partial charge on any atom is -0.376 e. The van der Waals surface area contributed by atoms with Crippen molar-refractivity contribution in [2.45, 2.75) is 6.92 Å². The largest absolute Gasteiger partial charge is 0.376 e. The summed E-state index contributed by atoms with van der Waals surface area (Å²) in [6, 6.07) is 15.4. The zero-order valence-electron chi connectivity index (χ0n) is 10.6. The van der Waals surface area contributed by atoms with Crippen LogP contribution in [0.2, 0.25) is 0 Å². The van der Waals surface area contributed by atoms with Crippen LogP contribution in [0.25, 0.3) is 0 Å². The maximum Gasteiger partial charge on any atom is 0.243 e. The number of hydrogen-bond donors (Lipinski definition) is 2. The number of rotatable bonds is 4. The Kier molecular flexibility index (Phi) is 4.58. The van der Waals surface area contributed by atoms with Crippen LogP contribution in [0.5, 0.6) is 0 Å². The maximum atomic E-state index is 11.8. The molecule has 0 fully saturated rings. The molecule has 0 aliphatic carbocycles. The Labute approximate surface area is 121 Å². The topological polar surface area (TPSA) is 41.1 Å². The SMILES string of the molecule is Cc1ccccc1NC(=O)CNc1ccc(Br)cc1. The van der Waals surface area contributed by atoms with Crippen LogP contribution in [0.1, 0.15) is 5.56 Å². The van der Waals surface area contributed by atoms with Crippen molar-refractivity contribution in [1.82, 2.24) is 0 Å². The van der Waals surface area contributed by atoms with Gasteiger partial charge in [0, 0.05) is 15.8 Å². The Balaban J connectivity index is 1.88. The number of anilines is 2. The number of halogens is 1. The number of benzene rings is 2. The summed E-state index contributed by atoms with van der Waals surface area (Å²) < 4.78 is 1.02. The predicted octanol–water partition coefficient (Wildman–Crippen LogP) is 3.81. The van der Waals surface area contributed by atoms with Gasteiger partial charge in [-0.3, -0.25) is 4.79 Å². The third-order valence-corrected chi connectivity index (χ3v) is 3.25. The Hall–Kier alpha value is -1.81. The Bertz CT molecular complexity index is 567. The highest BCUT2D eigenvalue weighted by Gasteiger charge is 2.03. The standard InChI is InChI=1S/C15H15BrN2O/c1-11-4-2-3-5-14(11)18-15(19)10-17-13-8-6-12(16)7-9-13/h2-9,17H,10H2,1H3,(H,18,19). The van der Waals surface area contributed by atoms with Crippen molar-refractivity contribution in [2.24, 2.45) is 0 Å². The van der Waals surface area contributed by atoms with Crippen LogP contribution in [0.4, 0.5) is 11.4 Å². The van der Waals surface area contributed by atoms with Gasteiger partial charge < -0.3 is 10.6 Å². The minimum atomic E-state index is -0.0581. The van der Waals surface area contributed by atoms with Crippen molar-refractivity contribution in [3.05, 3.63) is 58.6 Å². The van der Waals surface area contributed by atoms with E-state index in [1.165, 1.54) is 0 Å². The molecular weight excluding hydrogens is 304 g/mol. The molecule has 0 radical (unpaired) electrons. The molecule has 2 rings (SSSR count). The smallest absolute Gasteiger partial charge is 0.243 e. The van der Waals surface area contributed by atoms with Gasteiger partial charge in [0.1, 0.15) is 0 Å². The van der Waals surface area contributed by atoms with Gasteiger partial charge in [0.15, 0.2) is 0 Å². The van der Waals surface area contributed by atoms with E-state index in [4.69, 9.17) is 0 Å². The van der Waals surface area contributed by atoms with Gasteiger partial charge >= 0.3 is 0 Å². The van der Waals surface area contributed by atoms with E-state index in [1.54, 1.807) is 0 Å². The molecule has 0 aromatic heterocycles. The van der Waals surface area contributed by atoms with Crippen LogP contribution in [0.3, 0.4) is 0 Å². The summed E-state index contributed by atoms with van der Waals surface area (Å²) in [6.07, 6.45) is 0. The van der Waals surface area contributed by atoms with Gasteiger partial charge in [-0.2, -0.15) is 0 Å². The molecule has 4 heteroatoms. The lowest BCUT2D eigenvalue weighted by Gasteiger charge is -2.09. The van der Waals surface area contributed by atoms with Crippen molar-refractivity contribution in [1.29, 1.82) is 0 Å². The van der Waals surface area contributed by atoms with Gasteiger partial charge in [-0.1, -0.05) is 34.1 Å². The normalized spacial score (nSPS) is 10.0. The lowest BCUT2D eigenvalue weighted by Crippen LogP contribution is -2.22. The molecule has 1 amide bonds. The Morgan fingerprint density at radius 3 is 2.47 bits per heavy atom. The highest BCUT2D eigenvalue weighted by Crippen LogP contribution is 2.15. The summed E-state index contributed by atoms with van der Waals surface area (Å²) in [5.41, 5.74) is 2.83. The number of carbonyl (C=O) groups excluding carboxylic acids is 1.